The summed E-state index contributed by atoms with van der Waals surface area (Å²) in [7, 11) is 0. The SMILES string of the molecule is CC(C)=CCCCC(C)C1CCC2C3CC=C4C(C)(C)C(OC/C=C/c5ccc(OCc6ccc(N)cc6N)cc5)CCC4(C)C3CCC12C. The third kappa shape index (κ3) is 7.34. The number of nitrogens with two attached hydrogens (primary N) is 2. The number of hydrogen-bond acceptors (Lipinski definition) is 4. The van der Waals surface area contributed by atoms with Crippen LogP contribution in [0.15, 0.2) is 71.8 Å². The fraction of sp³-hybridized carbons (Fsp3) is 0.609. The molecule has 2 aromatic carbocycles. The van der Waals surface area contributed by atoms with Gasteiger partial charge in [0.2, 0.25) is 0 Å². The average Bonchev–Trinajstić information content (AvgIpc) is 3.43. The number of anilines is 2. The first-order chi connectivity index (χ1) is 23.8. The van der Waals surface area contributed by atoms with Gasteiger partial charge in [-0.1, -0.05) is 94.7 Å². The molecule has 4 aliphatic rings. The highest BCUT2D eigenvalue weighted by Gasteiger charge is 2.61. The van der Waals surface area contributed by atoms with Gasteiger partial charge in [-0.25, -0.2) is 0 Å². The molecule has 8 unspecified atom stereocenters. The number of benzene rings is 2. The van der Waals surface area contributed by atoms with Gasteiger partial charge in [0, 0.05) is 22.4 Å². The largest absolute Gasteiger partial charge is 0.489 e. The molecule has 0 spiro atoms. The van der Waals surface area contributed by atoms with Gasteiger partial charge in [0.05, 0.1) is 12.7 Å². The molecule has 4 N–H and O–H groups in total. The molecule has 0 aliphatic heterocycles. The van der Waals surface area contributed by atoms with Crippen LogP contribution < -0.4 is 16.2 Å². The van der Waals surface area contributed by atoms with E-state index in [2.05, 4.69) is 84.9 Å². The molecular weight excluding hydrogens is 613 g/mol. The van der Waals surface area contributed by atoms with Crippen molar-refractivity contribution in [3.8, 4) is 5.75 Å². The number of unbranched alkanes of at least 4 members (excludes halogenated alkanes) is 1. The van der Waals surface area contributed by atoms with Crippen LogP contribution in [-0.2, 0) is 11.3 Å². The number of fused-ring (bicyclic) bond motifs is 5. The zero-order chi connectivity index (χ0) is 35.7. The van der Waals surface area contributed by atoms with Gasteiger partial charge in [-0.05, 0) is 142 Å². The molecule has 272 valence electrons. The number of nitrogen functional groups attached to an aromatic ring is 2. The minimum absolute atomic E-state index is 0.0530. The van der Waals surface area contributed by atoms with E-state index in [1.165, 1.54) is 63.4 Å². The molecule has 0 amide bonds. The Bertz CT molecular complexity index is 1560. The maximum atomic E-state index is 6.68. The Morgan fingerprint density at radius 3 is 2.46 bits per heavy atom. The van der Waals surface area contributed by atoms with Crippen LogP contribution in [0.3, 0.4) is 0 Å². The highest BCUT2D eigenvalue weighted by molar-refractivity contribution is 5.56. The van der Waals surface area contributed by atoms with Crippen molar-refractivity contribution in [2.24, 2.45) is 45.8 Å². The first-order valence-electron chi connectivity index (χ1n) is 19.8. The molecule has 3 saturated carbocycles. The Hall–Kier alpha value is -2.98. The van der Waals surface area contributed by atoms with Crippen LogP contribution in [0.1, 0.15) is 124 Å². The van der Waals surface area contributed by atoms with Crippen molar-refractivity contribution < 1.29 is 9.47 Å². The molecule has 50 heavy (non-hydrogen) atoms. The van der Waals surface area contributed by atoms with Crippen molar-refractivity contribution in [1.29, 1.82) is 0 Å². The van der Waals surface area contributed by atoms with Crippen LogP contribution in [0.25, 0.3) is 6.08 Å². The molecular formula is C46H66N2O2. The second-order valence-corrected chi connectivity index (χ2v) is 17.9. The summed E-state index contributed by atoms with van der Waals surface area (Å²) in [5, 5.41) is 0. The molecule has 8 atom stereocenters. The number of allylic oxidation sites excluding steroid dienone is 3. The topological polar surface area (TPSA) is 70.5 Å². The van der Waals surface area contributed by atoms with E-state index < -0.39 is 0 Å². The number of ether oxygens (including phenoxy) is 2. The van der Waals surface area contributed by atoms with E-state index in [0.29, 0.717) is 35.4 Å². The summed E-state index contributed by atoms with van der Waals surface area (Å²) < 4.78 is 12.6. The molecule has 0 saturated heterocycles. The third-order valence-corrected chi connectivity index (χ3v) is 14.2. The zero-order valence-corrected chi connectivity index (χ0v) is 32.3. The van der Waals surface area contributed by atoms with E-state index in [4.69, 9.17) is 20.9 Å². The highest BCUT2D eigenvalue weighted by Crippen LogP contribution is 2.69. The van der Waals surface area contributed by atoms with Crippen LogP contribution in [0, 0.1) is 45.8 Å². The van der Waals surface area contributed by atoms with Crippen molar-refractivity contribution in [1.82, 2.24) is 0 Å². The van der Waals surface area contributed by atoms with Gasteiger partial charge < -0.3 is 20.9 Å². The van der Waals surface area contributed by atoms with Gasteiger partial charge in [-0.15, -0.1) is 0 Å². The van der Waals surface area contributed by atoms with E-state index in [0.717, 1.165) is 52.9 Å². The van der Waals surface area contributed by atoms with Crippen LogP contribution >= 0.6 is 0 Å². The van der Waals surface area contributed by atoms with Gasteiger partial charge in [-0.2, -0.15) is 0 Å². The summed E-state index contributed by atoms with van der Waals surface area (Å²) in [5.41, 5.74) is 19.3. The smallest absolute Gasteiger partial charge is 0.119 e. The Morgan fingerprint density at radius 1 is 0.940 bits per heavy atom. The van der Waals surface area contributed by atoms with Gasteiger partial charge in [0.1, 0.15) is 12.4 Å². The molecule has 0 heterocycles. The van der Waals surface area contributed by atoms with Crippen LogP contribution in [0.4, 0.5) is 11.4 Å². The molecule has 6 rings (SSSR count). The maximum absolute atomic E-state index is 6.68. The molecule has 4 heteroatoms. The second-order valence-electron chi connectivity index (χ2n) is 17.9. The molecule has 0 radical (unpaired) electrons. The van der Waals surface area contributed by atoms with Crippen LogP contribution in [-0.4, -0.2) is 12.7 Å². The lowest BCUT2D eigenvalue weighted by Crippen LogP contribution is -2.55. The maximum Gasteiger partial charge on any atom is 0.119 e. The Kier molecular flexibility index (Phi) is 11.0. The lowest BCUT2D eigenvalue weighted by atomic mass is 9.44. The molecule has 0 aromatic heterocycles. The van der Waals surface area contributed by atoms with Gasteiger partial charge in [0.15, 0.2) is 0 Å². The van der Waals surface area contributed by atoms with E-state index >= 15 is 0 Å². The summed E-state index contributed by atoms with van der Waals surface area (Å²) in [6.45, 7) is 18.4. The van der Waals surface area contributed by atoms with Crippen LogP contribution in [0.2, 0.25) is 0 Å². The standard InChI is InChI=1S/C46H66N2O2/c1-31(2)11-8-9-12-32(3)38-21-22-39-37-20-23-42-44(4,5)43(25-27-46(42,7)40(37)24-26-45(38,39)6)49-28-10-13-33-14-18-36(19-15-33)50-30-34-16-17-35(47)29-41(34)48/h10-11,13-19,23,29,32,37-40,43H,8-9,12,20-22,24-28,30,47-48H2,1-7H3/b13-10+. The Morgan fingerprint density at radius 2 is 1.72 bits per heavy atom. The number of rotatable bonds is 12. The fourth-order valence-corrected chi connectivity index (χ4v) is 11.6. The van der Waals surface area contributed by atoms with E-state index in [-0.39, 0.29) is 11.5 Å². The molecule has 2 aromatic rings. The van der Waals surface area contributed by atoms with Crippen molar-refractivity contribution >= 4 is 17.5 Å². The monoisotopic (exact) mass is 679 g/mol. The predicted molar refractivity (Wildman–Crippen MR) is 212 cm³/mol. The van der Waals surface area contributed by atoms with Gasteiger partial charge in [-0.3, -0.25) is 0 Å². The first-order valence-corrected chi connectivity index (χ1v) is 19.8. The minimum atomic E-state index is 0.0530. The lowest BCUT2D eigenvalue weighted by molar-refractivity contribution is -0.0910. The number of hydrogen-bond donors (Lipinski definition) is 2. The van der Waals surface area contributed by atoms with Crippen molar-refractivity contribution in [2.75, 3.05) is 18.1 Å². The quantitative estimate of drug-likeness (QED) is 0.133. The van der Waals surface area contributed by atoms with E-state index in [9.17, 15) is 0 Å². The fourth-order valence-electron chi connectivity index (χ4n) is 11.6. The molecule has 0 bridgehead atoms. The predicted octanol–water partition coefficient (Wildman–Crippen LogP) is 11.8. The third-order valence-electron chi connectivity index (χ3n) is 14.2. The zero-order valence-electron chi connectivity index (χ0n) is 32.3. The minimum Gasteiger partial charge on any atom is -0.489 e. The van der Waals surface area contributed by atoms with Crippen molar-refractivity contribution in [3.05, 3.63) is 83.0 Å². The average molecular weight is 679 g/mol. The summed E-state index contributed by atoms with van der Waals surface area (Å²) >= 11 is 0. The van der Waals surface area contributed by atoms with Gasteiger partial charge in [0.25, 0.3) is 0 Å². The van der Waals surface area contributed by atoms with Crippen LogP contribution in [0.5, 0.6) is 5.75 Å². The first kappa shape index (κ1) is 36.8. The lowest BCUT2D eigenvalue weighted by Gasteiger charge is -2.61. The highest BCUT2D eigenvalue weighted by atomic mass is 16.5. The summed E-state index contributed by atoms with van der Waals surface area (Å²) in [6, 6.07) is 13.7. The van der Waals surface area contributed by atoms with Crippen molar-refractivity contribution in [3.63, 3.8) is 0 Å². The van der Waals surface area contributed by atoms with Gasteiger partial charge >= 0.3 is 0 Å². The second kappa shape index (κ2) is 14.9. The molecule has 4 aliphatic carbocycles. The van der Waals surface area contributed by atoms with E-state index in [1.807, 2.05) is 24.3 Å². The Balaban J connectivity index is 1.03. The molecule has 3 fully saturated rings. The molecule has 4 nitrogen and oxygen atoms in total. The summed E-state index contributed by atoms with van der Waals surface area (Å²) in [5.74, 6) is 5.14. The normalized spacial score (nSPS) is 32.1. The summed E-state index contributed by atoms with van der Waals surface area (Å²) in [4.78, 5) is 0. The summed E-state index contributed by atoms with van der Waals surface area (Å²) in [6.07, 6.45) is 23.1. The van der Waals surface area contributed by atoms with E-state index in [1.54, 1.807) is 11.6 Å². The Labute approximate surface area is 304 Å². The van der Waals surface area contributed by atoms with Crippen molar-refractivity contribution in [2.45, 2.75) is 125 Å².